The van der Waals surface area contributed by atoms with Gasteiger partial charge in [-0.25, -0.2) is 0 Å². The number of benzene rings is 2. The quantitative estimate of drug-likeness (QED) is 0.518. The molecular formula is C24H21N3O4. The summed E-state index contributed by atoms with van der Waals surface area (Å²) in [5.74, 6) is 0.649. The van der Waals surface area contributed by atoms with E-state index in [1.54, 1.807) is 44.8 Å². The zero-order valence-corrected chi connectivity index (χ0v) is 17.2. The predicted octanol–water partition coefficient (Wildman–Crippen LogP) is 3.77. The van der Waals surface area contributed by atoms with Gasteiger partial charge in [0, 0.05) is 48.2 Å². The lowest BCUT2D eigenvalue weighted by Crippen LogP contribution is -2.21. The number of hydrogen-bond donors (Lipinski definition) is 1. The van der Waals surface area contributed by atoms with E-state index in [9.17, 15) is 9.59 Å². The molecule has 1 N–H and O–H groups in total. The summed E-state index contributed by atoms with van der Waals surface area (Å²) in [5.41, 5.74) is 2.18. The lowest BCUT2D eigenvalue weighted by molar-refractivity contribution is 0.102. The van der Waals surface area contributed by atoms with Gasteiger partial charge in [-0.15, -0.1) is 0 Å². The lowest BCUT2D eigenvalue weighted by Gasteiger charge is -2.14. The number of carbonyl (C=O) groups is 1. The Labute approximate surface area is 178 Å². The van der Waals surface area contributed by atoms with Crippen molar-refractivity contribution in [1.82, 2.24) is 9.55 Å². The number of aromatic nitrogens is 2. The third-order valence-electron chi connectivity index (χ3n) is 4.94. The molecule has 0 aliphatic heterocycles. The molecule has 2 aromatic heterocycles. The van der Waals surface area contributed by atoms with Crippen LogP contribution >= 0.6 is 0 Å². The number of pyridine rings is 2. The number of ether oxygens (including phenoxy) is 2. The molecule has 31 heavy (non-hydrogen) atoms. The summed E-state index contributed by atoms with van der Waals surface area (Å²) in [6, 6.07) is 17.5. The van der Waals surface area contributed by atoms with Crippen molar-refractivity contribution in [1.29, 1.82) is 0 Å². The summed E-state index contributed by atoms with van der Waals surface area (Å²) < 4.78 is 12.8. The molecule has 156 valence electrons. The van der Waals surface area contributed by atoms with Crippen LogP contribution in [0.2, 0.25) is 0 Å². The van der Waals surface area contributed by atoms with Crippen molar-refractivity contribution in [2.24, 2.45) is 7.05 Å². The fourth-order valence-electron chi connectivity index (χ4n) is 3.31. The Morgan fingerprint density at radius 2 is 1.90 bits per heavy atom. The fourth-order valence-corrected chi connectivity index (χ4v) is 3.31. The number of para-hydroxylation sites is 1. The van der Waals surface area contributed by atoms with E-state index < -0.39 is 0 Å². The van der Waals surface area contributed by atoms with Crippen molar-refractivity contribution in [3.63, 3.8) is 0 Å². The molecule has 2 aromatic carbocycles. The van der Waals surface area contributed by atoms with Gasteiger partial charge in [-0.3, -0.25) is 14.6 Å². The van der Waals surface area contributed by atoms with Gasteiger partial charge in [0.2, 0.25) is 0 Å². The van der Waals surface area contributed by atoms with Gasteiger partial charge < -0.3 is 19.4 Å². The topological polar surface area (TPSA) is 82.5 Å². The van der Waals surface area contributed by atoms with Gasteiger partial charge in [0.05, 0.1) is 18.2 Å². The first-order valence-electron chi connectivity index (χ1n) is 9.66. The Hall–Kier alpha value is -4.13. The molecule has 4 aromatic rings. The maximum Gasteiger partial charge on any atom is 0.256 e. The molecule has 4 rings (SSSR count). The van der Waals surface area contributed by atoms with Gasteiger partial charge in [-0.2, -0.15) is 0 Å². The molecule has 0 spiro atoms. The molecule has 7 nitrogen and oxygen atoms in total. The van der Waals surface area contributed by atoms with Crippen LogP contribution in [-0.4, -0.2) is 22.6 Å². The van der Waals surface area contributed by atoms with Crippen molar-refractivity contribution in [2.75, 3.05) is 12.4 Å². The second-order valence-electron chi connectivity index (χ2n) is 6.94. The van der Waals surface area contributed by atoms with Gasteiger partial charge in [-0.1, -0.05) is 24.3 Å². The van der Waals surface area contributed by atoms with Crippen molar-refractivity contribution in [3.8, 4) is 11.5 Å². The minimum Gasteiger partial charge on any atom is -0.493 e. The van der Waals surface area contributed by atoms with Crippen LogP contribution < -0.4 is 20.3 Å². The minimum absolute atomic E-state index is 0.251. The van der Waals surface area contributed by atoms with Crippen LogP contribution in [0.5, 0.6) is 11.5 Å². The first-order valence-corrected chi connectivity index (χ1v) is 9.66. The first-order chi connectivity index (χ1) is 15.1. The average molecular weight is 415 g/mol. The molecular weight excluding hydrogens is 394 g/mol. The number of aryl methyl sites for hydroxylation is 1. The molecule has 0 saturated carbocycles. The Balaban J connectivity index is 1.61. The molecule has 0 radical (unpaired) electrons. The van der Waals surface area contributed by atoms with Crippen LogP contribution in [0.3, 0.4) is 0 Å². The van der Waals surface area contributed by atoms with E-state index in [1.165, 1.54) is 10.6 Å². The third kappa shape index (κ3) is 4.25. The Bertz CT molecular complexity index is 1300. The number of methoxy groups -OCH3 is 1. The van der Waals surface area contributed by atoms with Crippen LogP contribution in [0.1, 0.15) is 15.9 Å². The van der Waals surface area contributed by atoms with Crippen LogP contribution in [0.4, 0.5) is 5.69 Å². The van der Waals surface area contributed by atoms with Crippen molar-refractivity contribution >= 4 is 22.5 Å². The average Bonchev–Trinajstić information content (AvgIpc) is 2.81. The molecule has 0 saturated heterocycles. The molecule has 7 heteroatoms. The number of nitrogens with one attached hydrogen (secondary N) is 1. The fraction of sp³-hybridized carbons (Fsp3) is 0.125. The summed E-state index contributed by atoms with van der Waals surface area (Å²) in [7, 11) is 3.23. The lowest BCUT2D eigenvalue weighted by atomic mass is 10.1. The molecule has 0 aliphatic carbocycles. The second-order valence-corrected chi connectivity index (χ2v) is 6.94. The van der Waals surface area contributed by atoms with E-state index in [2.05, 4.69) is 10.3 Å². The number of fused-ring (bicyclic) bond motifs is 1. The minimum atomic E-state index is -0.378. The molecule has 0 fully saturated rings. The van der Waals surface area contributed by atoms with E-state index in [0.29, 0.717) is 40.3 Å². The monoisotopic (exact) mass is 415 g/mol. The zero-order chi connectivity index (χ0) is 21.8. The van der Waals surface area contributed by atoms with Crippen LogP contribution in [0, 0.1) is 0 Å². The number of amides is 1. The number of anilines is 1. The Morgan fingerprint density at radius 3 is 2.68 bits per heavy atom. The van der Waals surface area contributed by atoms with E-state index in [-0.39, 0.29) is 11.5 Å². The van der Waals surface area contributed by atoms with Crippen molar-refractivity contribution in [3.05, 3.63) is 94.5 Å². The van der Waals surface area contributed by atoms with Gasteiger partial charge in [0.1, 0.15) is 6.61 Å². The van der Waals surface area contributed by atoms with Crippen molar-refractivity contribution < 1.29 is 14.3 Å². The highest BCUT2D eigenvalue weighted by atomic mass is 16.5. The standard InChI is InChI=1S/C24H21N3O4/c1-27-20-8-4-3-7-18(20)19(13-23(27)28)24(29)26-17-9-10-21(30-2)22(12-17)31-15-16-6-5-11-25-14-16/h3-14H,15H2,1-2H3,(H,26,29). The molecule has 0 atom stereocenters. The normalized spacial score (nSPS) is 10.6. The second kappa shape index (κ2) is 8.71. The first kappa shape index (κ1) is 20.2. The van der Waals surface area contributed by atoms with Crippen LogP contribution in [0.15, 0.2) is 77.9 Å². The SMILES string of the molecule is COc1ccc(NC(=O)c2cc(=O)n(C)c3ccccc23)cc1OCc1cccnc1. The van der Waals surface area contributed by atoms with E-state index in [1.807, 2.05) is 36.4 Å². The summed E-state index contributed by atoms with van der Waals surface area (Å²) in [4.78, 5) is 29.4. The molecule has 2 heterocycles. The highest BCUT2D eigenvalue weighted by molar-refractivity contribution is 6.12. The van der Waals surface area contributed by atoms with Crippen LogP contribution in [0.25, 0.3) is 10.9 Å². The van der Waals surface area contributed by atoms with E-state index >= 15 is 0 Å². The summed E-state index contributed by atoms with van der Waals surface area (Å²) in [6.45, 7) is 0.307. The zero-order valence-electron chi connectivity index (χ0n) is 17.2. The van der Waals surface area contributed by atoms with Gasteiger partial charge >= 0.3 is 0 Å². The summed E-state index contributed by atoms with van der Waals surface area (Å²) in [6.07, 6.45) is 3.42. The third-order valence-corrected chi connectivity index (χ3v) is 4.94. The number of hydrogen-bond acceptors (Lipinski definition) is 5. The maximum atomic E-state index is 13.0. The highest BCUT2D eigenvalue weighted by Gasteiger charge is 2.15. The summed E-state index contributed by atoms with van der Waals surface area (Å²) in [5, 5.41) is 3.55. The number of nitrogens with zero attached hydrogens (tertiary/aromatic N) is 2. The Kier molecular flexibility index (Phi) is 5.66. The molecule has 0 bridgehead atoms. The smallest absolute Gasteiger partial charge is 0.256 e. The molecule has 1 amide bonds. The van der Waals surface area contributed by atoms with Crippen molar-refractivity contribution in [2.45, 2.75) is 6.61 Å². The van der Waals surface area contributed by atoms with Gasteiger partial charge in [-0.05, 0) is 24.3 Å². The van der Waals surface area contributed by atoms with Crippen LogP contribution in [-0.2, 0) is 13.7 Å². The number of rotatable bonds is 6. The largest absolute Gasteiger partial charge is 0.493 e. The molecule has 0 unspecified atom stereocenters. The summed E-state index contributed by atoms with van der Waals surface area (Å²) >= 11 is 0. The predicted molar refractivity (Wildman–Crippen MR) is 119 cm³/mol. The Morgan fingerprint density at radius 1 is 1.06 bits per heavy atom. The maximum absolute atomic E-state index is 13.0. The van der Waals surface area contributed by atoms with E-state index in [0.717, 1.165) is 5.56 Å². The highest BCUT2D eigenvalue weighted by Crippen LogP contribution is 2.31. The number of carbonyl (C=O) groups excluding carboxylic acids is 1. The van der Waals surface area contributed by atoms with Gasteiger partial charge in [0.25, 0.3) is 11.5 Å². The molecule has 0 aliphatic rings. The van der Waals surface area contributed by atoms with E-state index in [4.69, 9.17) is 9.47 Å². The van der Waals surface area contributed by atoms with Gasteiger partial charge in [0.15, 0.2) is 11.5 Å².